The van der Waals surface area contributed by atoms with Gasteiger partial charge in [0.2, 0.25) is 0 Å². The number of fused-ring (bicyclic) bond motifs is 1. The van der Waals surface area contributed by atoms with Crippen LogP contribution in [0.2, 0.25) is 0 Å². The van der Waals surface area contributed by atoms with Gasteiger partial charge in [-0.25, -0.2) is 0 Å². The van der Waals surface area contributed by atoms with E-state index in [-0.39, 0.29) is 5.91 Å². The molecule has 1 amide bonds. The number of aromatic nitrogens is 2. The van der Waals surface area contributed by atoms with E-state index in [1.165, 1.54) is 11.3 Å². The first-order valence-corrected chi connectivity index (χ1v) is 8.20. The van der Waals surface area contributed by atoms with Crippen LogP contribution in [0.5, 0.6) is 0 Å². The lowest BCUT2D eigenvalue weighted by atomic mass is 10.1. The van der Waals surface area contributed by atoms with Crippen molar-refractivity contribution in [3.05, 3.63) is 47.7 Å². The number of hydrogen-bond donors (Lipinski definition) is 1. The van der Waals surface area contributed by atoms with Crippen molar-refractivity contribution in [2.24, 2.45) is 0 Å². The largest absolute Gasteiger partial charge is 0.349 e. The summed E-state index contributed by atoms with van der Waals surface area (Å²) in [5.41, 5.74) is 2.83. The van der Waals surface area contributed by atoms with Crippen molar-refractivity contribution in [1.82, 2.24) is 20.4 Å². The fourth-order valence-corrected chi connectivity index (χ4v) is 2.97. The second kappa shape index (κ2) is 6.97. The predicted molar refractivity (Wildman–Crippen MR) is 94.7 cm³/mol. The van der Waals surface area contributed by atoms with Gasteiger partial charge >= 0.3 is 0 Å². The monoisotopic (exact) mass is 325 g/mol. The van der Waals surface area contributed by atoms with Gasteiger partial charge in [0.1, 0.15) is 0 Å². The van der Waals surface area contributed by atoms with E-state index >= 15 is 0 Å². The normalized spacial score (nSPS) is 16.3. The SMILES string of the molecule is CC1Cc2ccccc2N1c1ccc(C(=O)NCCN(C)C)nn1. The summed E-state index contributed by atoms with van der Waals surface area (Å²) in [7, 11) is 3.94. The number of anilines is 2. The van der Waals surface area contributed by atoms with Crippen molar-refractivity contribution in [2.75, 3.05) is 32.1 Å². The molecule has 0 saturated carbocycles. The molecule has 1 N–H and O–H groups in total. The van der Waals surface area contributed by atoms with Gasteiger partial charge in [0.25, 0.3) is 5.91 Å². The zero-order valence-corrected chi connectivity index (χ0v) is 14.4. The highest BCUT2D eigenvalue weighted by Crippen LogP contribution is 2.36. The molecule has 0 saturated heterocycles. The lowest BCUT2D eigenvalue weighted by Gasteiger charge is -2.23. The van der Waals surface area contributed by atoms with Gasteiger partial charge in [0.05, 0.1) is 0 Å². The van der Waals surface area contributed by atoms with E-state index in [0.717, 1.165) is 18.8 Å². The maximum Gasteiger partial charge on any atom is 0.271 e. The number of nitrogens with one attached hydrogen (secondary N) is 1. The molecule has 1 aromatic heterocycles. The Labute approximate surface area is 142 Å². The molecular weight excluding hydrogens is 302 g/mol. The van der Waals surface area contributed by atoms with Crippen molar-refractivity contribution in [1.29, 1.82) is 0 Å². The molecular formula is C18H23N5O. The van der Waals surface area contributed by atoms with Crippen LogP contribution in [0.1, 0.15) is 23.0 Å². The molecule has 1 aromatic carbocycles. The summed E-state index contributed by atoms with van der Waals surface area (Å²) < 4.78 is 0. The van der Waals surface area contributed by atoms with Gasteiger partial charge in [-0.15, -0.1) is 10.2 Å². The minimum Gasteiger partial charge on any atom is -0.349 e. The van der Waals surface area contributed by atoms with Gasteiger partial charge in [-0.05, 0) is 51.2 Å². The highest BCUT2D eigenvalue weighted by Gasteiger charge is 2.27. The molecule has 3 rings (SSSR count). The van der Waals surface area contributed by atoms with Gasteiger partial charge < -0.3 is 15.1 Å². The zero-order valence-electron chi connectivity index (χ0n) is 14.4. The molecule has 2 heterocycles. The van der Waals surface area contributed by atoms with E-state index < -0.39 is 0 Å². The molecule has 1 atom stereocenters. The molecule has 0 bridgehead atoms. The van der Waals surface area contributed by atoms with Crippen LogP contribution in [0, 0.1) is 0 Å². The third-order valence-corrected chi connectivity index (χ3v) is 4.18. The third kappa shape index (κ3) is 3.38. The number of carbonyl (C=O) groups excluding carboxylic acids is 1. The first-order chi connectivity index (χ1) is 11.6. The van der Waals surface area contributed by atoms with Crippen LogP contribution < -0.4 is 10.2 Å². The highest BCUT2D eigenvalue weighted by molar-refractivity contribution is 5.92. The molecule has 126 valence electrons. The van der Waals surface area contributed by atoms with Crippen LogP contribution in [0.4, 0.5) is 11.5 Å². The second-order valence-electron chi connectivity index (χ2n) is 6.39. The van der Waals surface area contributed by atoms with E-state index in [4.69, 9.17) is 0 Å². The van der Waals surface area contributed by atoms with Crippen molar-refractivity contribution in [3.8, 4) is 0 Å². The molecule has 0 aliphatic carbocycles. The van der Waals surface area contributed by atoms with Crippen LogP contribution in [-0.4, -0.2) is 54.2 Å². The molecule has 1 aliphatic heterocycles. The van der Waals surface area contributed by atoms with Gasteiger partial charge in [0, 0.05) is 24.8 Å². The maximum absolute atomic E-state index is 12.1. The summed E-state index contributed by atoms with van der Waals surface area (Å²) in [4.78, 5) is 16.3. The van der Waals surface area contributed by atoms with E-state index in [1.807, 2.05) is 31.1 Å². The summed E-state index contributed by atoms with van der Waals surface area (Å²) >= 11 is 0. The molecule has 0 fully saturated rings. The van der Waals surface area contributed by atoms with Gasteiger partial charge in [-0.2, -0.15) is 0 Å². The summed E-state index contributed by atoms with van der Waals surface area (Å²) in [6.45, 7) is 3.55. The van der Waals surface area contributed by atoms with Crippen LogP contribution in [0.15, 0.2) is 36.4 Å². The molecule has 24 heavy (non-hydrogen) atoms. The quantitative estimate of drug-likeness (QED) is 0.909. The van der Waals surface area contributed by atoms with E-state index in [0.29, 0.717) is 18.3 Å². The molecule has 0 spiro atoms. The van der Waals surface area contributed by atoms with E-state index in [1.54, 1.807) is 6.07 Å². The summed E-state index contributed by atoms with van der Waals surface area (Å²) in [6, 6.07) is 12.3. The van der Waals surface area contributed by atoms with Crippen LogP contribution in [-0.2, 0) is 6.42 Å². The number of nitrogens with zero attached hydrogens (tertiary/aromatic N) is 4. The number of rotatable bonds is 5. The number of likely N-dealkylation sites (N-methyl/N-ethyl adjacent to an activating group) is 1. The molecule has 2 aromatic rings. The fourth-order valence-electron chi connectivity index (χ4n) is 2.97. The minimum atomic E-state index is -0.189. The van der Waals surface area contributed by atoms with Crippen LogP contribution >= 0.6 is 0 Å². The Kier molecular flexibility index (Phi) is 4.76. The lowest BCUT2D eigenvalue weighted by Crippen LogP contribution is -2.32. The van der Waals surface area contributed by atoms with E-state index in [2.05, 4.69) is 45.5 Å². The molecule has 6 heteroatoms. The number of hydrogen-bond acceptors (Lipinski definition) is 5. The summed E-state index contributed by atoms with van der Waals surface area (Å²) in [5.74, 6) is 0.586. The molecule has 0 radical (unpaired) electrons. The first-order valence-electron chi connectivity index (χ1n) is 8.20. The third-order valence-electron chi connectivity index (χ3n) is 4.18. The topological polar surface area (TPSA) is 61.4 Å². The molecule has 1 aliphatic rings. The number of carbonyl (C=O) groups is 1. The van der Waals surface area contributed by atoms with Gasteiger partial charge in [-0.3, -0.25) is 4.79 Å². The Balaban J connectivity index is 1.72. The zero-order chi connectivity index (χ0) is 17.1. The average Bonchev–Trinajstić information content (AvgIpc) is 2.90. The Morgan fingerprint density at radius 2 is 2.04 bits per heavy atom. The smallest absolute Gasteiger partial charge is 0.271 e. The van der Waals surface area contributed by atoms with Crippen LogP contribution in [0.3, 0.4) is 0 Å². The second-order valence-corrected chi connectivity index (χ2v) is 6.39. The molecule has 6 nitrogen and oxygen atoms in total. The number of amides is 1. The van der Waals surface area contributed by atoms with Crippen molar-refractivity contribution in [3.63, 3.8) is 0 Å². The summed E-state index contributed by atoms with van der Waals surface area (Å²) in [6.07, 6.45) is 0.991. The number of benzene rings is 1. The molecule has 1 unspecified atom stereocenters. The van der Waals surface area contributed by atoms with Crippen molar-refractivity contribution < 1.29 is 4.79 Å². The maximum atomic E-state index is 12.1. The number of para-hydroxylation sites is 1. The predicted octanol–water partition coefficient (Wildman–Crippen LogP) is 1.85. The Hall–Kier alpha value is -2.47. The minimum absolute atomic E-state index is 0.189. The van der Waals surface area contributed by atoms with Gasteiger partial charge in [-0.1, -0.05) is 18.2 Å². The highest BCUT2D eigenvalue weighted by atomic mass is 16.1. The fraction of sp³-hybridized carbons (Fsp3) is 0.389. The Morgan fingerprint density at radius 1 is 1.25 bits per heavy atom. The van der Waals surface area contributed by atoms with Crippen molar-refractivity contribution in [2.45, 2.75) is 19.4 Å². The summed E-state index contributed by atoms with van der Waals surface area (Å²) in [5, 5.41) is 11.2. The Morgan fingerprint density at radius 3 is 2.75 bits per heavy atom. The lowest BCUT2D eigenvalue weighted by molar-refractivity contribution is 0.0945. The average molecular weight is 325 g/mol. The van der Waals surface area contributed by atoms with Crippen LogP contribution in [0.25, 0.3) is 0 Å². The van der Waals surface area contributed by atoms with Crippen molar-refractivity contribution >= 4 is 17.4 Å². The van der Waals surface area contributed by atoms with E-state index in [9.17, 15) is 4.79 Å². The standard InChI is InChI=1S/C18H23N5O/c1-13-12-14-6-4-5-7-16(14)23(13)17-9-8-15(20-21-17)18(24)19-10-11-22(2)3/h4-9,13H,10-12H2,1-3H3,(H,19,24). The Bertz CT molecular complexity index is 714. The first kappa shape index (κ1) is 16.4. The van der Waals surface area contributed by atoms with Gasteiger partial charge in [0.15, 0.2) is 11.5 Å².